The van der Waals surface area contributed by atoms with Gasteiger partial charge in [0.1, 0.15) is 0 Å². The van der Waals surface area contributed by atoms with E-state index in [0.717, 1.165) is 0 Å². The molecular formula is C15H21NO3. The Morgan fingerprint density at radius 2 is 1.68 bits per heavy atom. The molecule has 0 aliphatic heterocycles. The molecule has 0 bridgehead atoms. The maximum absolute atomic E-state index is 12.4. The molecule has 4 nitrogen and oxygen atoms in total. The zero-order valence-electron chi connectivity index (χ0n) is 11.7. The molecule has 0 radical (unpaired) electrons. The number of amides is 1. The molecule has 4 heteroatoms. The van der Waals surface area contributed by atoms with Crippen LogP contribution in [0.5, 0.6) is 0 Å². The molecule has 19 heavy (non-hydrogen) atoms. The third-order valence-electron chi connectivity index (χ3n) is 2.81. The van der Waals surface area contributed by atoms with Crippen molar-refractivity contribution in [1.29, 1.82) is 0 Å². The average Bonchev–Trinajstić information content (AvgIpc) is 2.37. The van der Waals surface area contributed by atoms with Crippen LogP contribution in [0.1, 0.15) is 31.1 Å². The maximum atomic E-state index is 12.4. The standard InChI is InChI=1S/C15H21NO3/c1-11(2)9-16(10-12(3)15(18)19)14(17)13-7-5-4-6-8-13/h4-8,11-12H,9-10H2,1-3H3,(H,18,19). The van der Waals surface area contributed by atoms with Gasteiger partial charge in [-0.3, -0.25) is 9.59 Å². The van der Waals surface area contributed by atoms with E-state index >= 15 is 0 Å². The summed E-state index contributed by atoms with van der Waals surface area (Å²) >= 11 is 0. The van der Waals surface area contributed by atoms with Crippen LogP contribution in [0, 0.1) is 11.8 Å². The van der Waals surface area contributed by atoms with Gasteiger partial charge >= 0.3 is 5.97 Å². The number of hydrogen-bond donors (Lipinski definition) is 1. The molecule has 1 amide bonds. The highest BCUT2D eigenvalue weighted by Gasteiger charge is 2.22. The average molecular weight is 263 g/mol. The lowest BCUT2D eigenvalue weighted by atomic mass is 10.1. The number of rotatable bonds is 6. The first kappa shape index (κ1) is 15.2. The summed E-state index contributed by atoms with van der Waals surface area (Å²) in [5, 5.41) is 8.98. The second-order valence-corrected chi connectivity index (χ2v) is 5.21. The van der Waals surface area contributed by atoms with Crippen LogP contribution in [-0.2, 0) is 4.79 Å². The van der Waals surface area contributed by atoms with E-state index in [1.54, 1.807) is 36.1 Å². The van der Waals surface area contributed by atoms with Gasteiger partial charge in [-0.2, -0.15) is 0 Å². The Morgan fingerprint density at radius 1 is 1.11 bits per heavy atom. The van der Waals surface area contributed by atoms with Crippen LogP contribution in [-0.4, -0.2) is 35.0 Å². The highest BCUT2D eigenvalue weighted by atomic mass is 16.4. The first-order valence-corrected chi connectivity index (χ1v) is 6.49. The molecule has 1 N–H and O–H groups in total. The molecule has 1 atom stereocenters. The van der Waals surface area contributed by atoms with E-state index < -0.39 is 11.9 Å². The van der Waals surface area contributed by atoms with Crippen LogP contribution in [0.15, 0.2) is 30.3 Å². The van der Waals surface area contributed by atoms with E-state index in [1.165, 1.54) is 0 Å². The molecule has 1 aromatic carbocycles. The van der Waals surface area contributed by atoms with Gasteiger partial charge in [0.05, 0.1) is 5.92 Å². The van der Waals surface area contributed by atoms with Gasteiger partial charge in [-0.05, 0) is 18.1 Å². The zero-order valence-corrected chi connectivity index (χ0v) is 11.7. The van der Waals surface area contributed by atoms with Crippen molar-refractivity contribution in [1.82, 2.24) is 4.90 Å². The molecule has 0 saturated carbocycles. The Kier molecular flexibility index (Phi) is 5.55. The van der Waals surface area contributed by atoms with Gasteiger partial charge in [0.2, 0.25) is 0 Å². The number of carbonyl (C=O) groups excluding carboxylic acids is 1. The fourth-order valence-corrected chi connectivity index (χ4v) is 1.85. The van der Waals surface area contributed by atoms with E-state index in [4.69, 9.17) is 5.11 Å². The van der Waals surface area contributed by atoms with Crippen molar-refractivity contribution < 1.29 is 14.7 Å². The van der Waals surface area contributed by atoms with E-state index in [0.29, 0.717) is 18.0 Å². The molecule has 0 aliphatic carbocycles. The summed E-state index contributed by atoms with van der Waals surface area (Å²) in [7, 11) is 0. The smallest absolute Gasteiger partial charge is 0.308 e. The number of carboxylic acids is 1. The number of benzene rings is 1. The summed E-state index contributed by atoms with van der Waals surface area (Å²) in [5.74, 6) is -1.25. The van der Waals surface area contributed by atoms with Gasteiger partial charge in [-0.15, -0.1) is 0 Å². The molecule has 0 saturated heterocycles. The summed E-state index contributed by atoms with van der Waals surface area (Å²) in [6, 6.07) is 8.97. The number of nitrogens with zero attached hydrogens (tertiary/aromatic N) is 1. The second-order valence-electron chi connectivity index (χ2n) is 5.21. The molecule has 0 heterocycles. The van der Waals surface area contributed by atoms with Crippen LogP contribution < -0.4 is 0 Å². The van der Waals surface area contributed by atoms with Gasteiger partial charge < -0.3 is 10.0 Å². The lowest BCUT2D eigenvalue weighted by molar-refractivity contribution is -0.141. The van der Waals surface area contributed by atoms with Crippen molar-refractivity contribution in [3.8, 4) is 0 Å². The summed E-state index contributed by atoms with van der Waals surface area (Å²) in [4.78, 5) is 24.9. The normalized spacial score (nSPS) is 12.2. The number of carboxylic acid groups (broad SMARTS) is 1. The van der Waals surface area contributed by atoms with Crippen molar-refractivity contribution in [2.75, 3.05) is 13.1 Å². The summed E-state index contributed by atoms with van der Waals surface area (Å²) in [6.45, 7) is 6.44. The van der Waals surface area contributed by atoms with Crippen molar-refractivity contribution >= 4 is 11.9 Å². The Bertz CT molecular complexity index is 428. The molecule has 1 rings (SSSR count). The summed E-state index contributed by atoms with van der Waals surface area (Å²) in [5.41, 5.74) is 0.598. The lowest BCUT2D eigenvalue weighted by Crippen LogP contribution is -2.39. The van der Waals surface area contributed by atoms with Crippen LogP contribution in [0.2, 0.25) is 0 Å². The van der Waals surface area contributed by atoms with Crippen LogP contribution >= 0.6 is 0 Å². The molecular weight excluding hydrogens is 242 g/mol. The van der Waals surface area contributed by atoms with E-state index in [9.17, 15) is 9.59 Å². The largest absolute Gasteiger partial charge is 0.481 e. The number of aliphatic carboxylic acids is 1. The van der Waals surface area contributed by atoms with E-state index in [2.05, 4.69) is 0 Å². The van der Waals surface area contributed by atoms with Crippen molar-refractivity contribution in [2.24, 2.45) is 11.8 Å². The fourth-order valence-electron chi connectivity index (χ4n) is 1.85. The van der Waals surface area contributed by atoms with Crippen LogP contribution in [0.3, 0.4) is 0 Å². The SMILES string of the molecule is CC(C)CN(CC(C)C(=O)O)C(=O)c1ccccc1. The van der Waals surface area contributed by atoms with E-state index in [1.807, 2.05) is 19.9 Å². The van der Waals surface area contributed by atoms with Crippen LogP contribution in [0.4, 0.5) is 0 Å². The maximum Gasteiger partial charge on any atom is 0.308 e. The molecule has 104 valence electrons. The first-order valence-electron chi connectivity index (χ1n) is 6.49. The van der Waals surface area contributed by atoms with Crippen LogP contribution in [0.25, 0.3) is 0 Å². The van der Waals surface area contributed by atoms with Crippen molar-refractivity contribution in [3.05, 3.63) is 35.9 Å². The monoisotopic (exact) mass is 263 g/mol. The first-order chi connectivity index (χ1) is 8.91. The Hall–Kier alpha value is -1.84. The fraction of sp³-hybridized carbons (Fsp3) is 0.467. The molecule has 0 aliphatic rings. The molecule has 1 unspecified atom stereocenters. The highest BCUT2D eigenvalue weighted by molar-refractivity contribution is 5.94. The molecule has 1 aromatic rings. The quantitative estimate of drug-likeness (QED) is 0.858. The highest BCUT2D eigenvalue weighted by Crippen LogP contribution is 2.10. The van der Waals surface area contributed by atoms with Gasteiger partial charge in [0.15, 0.2) is 0 Å². The minimum atomic E-state index is -0.880. The predicted molar refractivity (Wildman–Crippen MR) is 74.0 cm³/mol. The zero-order chi connectivity index (χ0) is 14.4. The summed E-state index contributed by atoms with van der Waals surface area (Å²) in [6.07, 6.45) is 0. The van der Waals surface area contributed by atoms with Gasteiger partial charge in [-0.1, -0.05) is 39.0 Å². The van der Waals surface area contributed by atoms with Crippen molar-refractivity contribution in [3.63, 3.8) is 0 Å². The van der Waals surface area contributed by atoms with Gasteiger partial charge in [0, 0.05) is 18.7 Å². The van der Waals surface area contributed by atoms with Crippen molar-refractivity contribution in [2.45, 2.75) is 20.8 Å². The molecule has 0 fully saturated rings. The molecule has 0 aromatic heterocycles. The third kappa shape index (κ3) is 4.73. The number of hydrogen-bond acceptors (Lipinski definition) is 2. The van der Waals surface area contributed by atoms with E-state index in [-0.39, 0.29) is 12.5 Å². The Labute approximate surface area is 114 Å². The minimum Gasteiger partial charge on any atom is -0.481 e. The van der Waals surface area contributed by atoms with Gasteiger partial charge in [-0.25, -0.2) is 0 Å². The second kappa shape index (κ2) is 6.92. The van der Waals surface area contributed by atoms with Gasteiger partial charge in [0.25, 0.3) is 5.91 Å². The Morgan fingerprint density at radius 3 is 2.16 bits per heavy atom. The Balaban J connectivity index is 2.84. The topological polar surface area (TPSA) is 57.6 Å². The predicted octanol–water partition coefficient (Wildman–Crippen LogP) is 2.51. The molecule has 0 spiro atoms. The minimum absolute atomic E-state index is 0.109. The summed E-state index contributed by atoms with van der Waals surface area (Å²) < 4.78 is 0. The third-order valence-corrected chi connectivity index (χ3v) is 2.81. The number of carbonyl (C=O) groups is 2. The lowest BCUT2D eigenvalue weighted by Gasteiger charge is -2.26.